The SMILES string of the molecule is O=C1COc2ccc(CNC[C@H]3CN(C[C@]4(O)Cn5c(=O)ccc6ncc(F)c4c65)CCO3)nc2N1. The molecule has 3 aliphatic rings. The summed E-state index contributed by atoms with van der Waals surface area (Å²) < 4.78 is 27.5. The van der Waals surface area contributed by atoms with Crippen molar-refractivity contribution in [2.24, 2.45) is 0 Å². The van der Waals surface area contributed by atoms with Crippen LogP contribution in [-0.2, 0) is 28.2 Å². The molecule has 3 N–H and O–H groups in total. The molecule has 1 amide bonds. The van der Waals surface area contributed by atoms with Gasteiger partial charge in [0.1, 0.15) is 11.4 Å². The molecule has 11 nitrogen and oxygen atoms in total. The highest BCUT2D eigenvalue weighted by Gasteiger charge is 2.43. The van der Waals surface area contributed by atoms with E-state index >= 15 is 0 Å². The molecule has 0 aliphatic carbocycles. The lowest BCUT2D eigenvalue weighted by Crippen LogP contribution is -2.51. The number of morpholine rings is 1. The second kappa shape index (κ2) is 8.89. The van der Waals surface area contributed by atoms with E-state index in [1.165, 1.54) is 10.6 Å². The van der Waals surface area contributed by atoms with E-state index in [2.05, 4.69) is 20.6 Å². The Labute approximate surface area is 204 Å². The van der Waals surface area contributed by atoms with Crippen molar-refractivity contribution < 1.29 is 23.8 Å². The number of carbonyl (C=O) groups excluding carboxylic acids is 1. The molecular weight excluding hydrogens is 471 g/mol. The summed E-state index contributed by atoms with van der Waals surface area (Å²) in [6.07, 6.45) is 0.943. The number of nitrogens with zero attached hydrogens (tertiary/aromatic N) is 4. The van der Waals surface area contributed by atoms with Crippen molar-refractivity contribution in [1.82, 2.24) is 24.8 Å². The zero-order valence-corrected chi connectivity index (χ0v) is 19.4. The van der Waals surface area contributed by atoms with Gasteiger partial charge in [0.2, 0.25) is 0 Å². The summed E-state index contributed by atoms with van der Waals surface area (Å²) in [5.74, 6) is 0.0994. The fourth-order valence-corrected chi connectivity index (χ4v) is 5.19. The van der Waals surface area contributed by atoms with Gasteiger partial charge in [0.15, 0.2) is 18.2 Å². The highest BCUT2D eigenvalue weighted by atomic mass is 19.1. The monoisotopic (exact) mass is 496 g/mol. The Balaban J connectivity index is 1.10. The maximum atomic E-state index is 14.8. The lowest BCUT2D eigenvalue weighted by molar-refractivity contribution is -0.118. The Morgan fingerprint density at radius 1 is 1.28 bits per heavy atom. The van der Waals surface area contributed by atoms with Crippen LogP contribution >= 0.6 is 0 Å². The first-order valence-corrected chi connectivity index (χ1v) is 11.8. The van der Waals surface area contributed by atoms with Crippen molar-refractivity contribution in [3.63, 3.8) is 0 Å². The second-order valence-corrected chi connectivity index (χ2v) is 9.35. The van der Waals surface area contributed by atoms with Crippen LogP contribution in [0.5, 0.6) is 5.75 Å². The molecule has 2 atom stereocenters. The third-order valence-electron chi connectivity index (χ3n) is 6.76. The van der Waals surface area contributed by atoms with Crippen LogP contribution in [-0.4, -0.2) is 75.9 Å². The Morgan fingerprint density at radius 2 is 2.17 bits per heavy atom. The number of nitrogens with one attached hydrogen (secondary N) is 2. The summed E-state index contributed by atoms with van der Waals surface area (Å²) in [6.45, 7) is 2.68. The largest absolute Gasteiger partial charge is 0.480 e. The fourth-order valence-electron chi connectivity index (χ4n) is 5.19. The lowest BCUT2D eigenvalue weighted by atomic mass is 9.94. The van der Waals surface area contributed by atoms with Crippen LogP contribution in [0.2, 0.25) is 0 Å². The molecule has 6 rings (SSSR count). The van der Waals surface area contributed by atoms with E-state index in [4.69, 9.17) is 9.47 Å². The van der Waals surface area contributed by atoms with Crippen LogP contribution in [0.4, 0.5) is 10.2 Å². The molecule has 0 unspecified atom stereocenters. The molecule has 1 saturated heterocycles. The van der Waals surface area contributed by atoms with Gasteiger partial charge in [-0.15, -0.1) is 0 Å². The second-order valence-electron chi connectivity index (χ2n) is 9.35. The number of rotatable bonds is 6. The van der Waals surface area contributed by atoms with Crippen LogP contribution < -0.4 is 20.9 Å². The number of carbonyl (C=O) groups is 1. The van der Waals surface area contributed by atoms with Crippen LogP contribution in [0.15, 0.2) is 35.3 Å². The topological polar surface area (TPSA) is 131 Å². The Hall–Kier alpha value is -3.45. The van der Waals surface area contributed by atoms with Gasteiger partial charge in [-0.1, -0.05) is 0 Å². The average Bonchev–Trinajstić information content (AvgIpc) is 3.17. The number of hydrogen-bond donors (Lipinski definition) is 3. The van der Waals surface area contributed by atoms with Gasteiger partial charge in [-0.25, -0.2) is 9.37 Å². The van der Waals surface area contributed by atoms with Gasteiger partial charge in [0.05, 0.1) is 47.7 Å². The van der Waals surface area contributed by atoms with E-state index in [0.717, 1.165) is 11.9 Å². The number of ether oxygens (including phenoxy) is 2. The summed E-state index contributed by atoms with van der Waals surface area (Å²) in [6, 6.07) is 6.55. The van der Waals surface area contributed by atoms with Crippen molar-refractivity contribution in [3.05, 3.63) is 57.9 Å². The van der Waals surface area contributed by atoms with Gasteiger partial charge < -0.3 is 29.8 Å². The fraction of sp³-hybridized carbons (Fsp3) is 0.417. The van der Waals surface area contributed by atoms with E-state index in [1.807, 2.05) is 11.0 Å². The van der Waals surface area contributed by atoms with Gasteiger partial charge in [-0.05, 0) is 18.2 Å². The molecule has 188 valence electrons. The van der Waals surface area contributed by atoms with Gasteiger partial charge in [-0.2, -0.15) is 0 Å². The van der Waals surface area contributed by atoms with Crippen molar-refractivity contribution in [1.29, 1.82) is 0 Å². The van der Waals surface area contributed by atoms with Crippen molar-refractivity contribution in [2.75, 3.05) is 44.7 Å². The lowest BCUT2D eigenvalue weighted by Gasteiger charge is -2.37. The van der Waals surface area contributed by atoms with Crippen LogP contribution in [0.3, 0.4) is 0 Å². The standard InChI is InChI=1S/C24H25FN6O5/c25-16-9-27-17-2-4-20(33)31-13-24(34,21(16)22(17)31)12-30-5-6-35-15(10-30)8-26-7-14-1-3-18-23(28-14)29-19(32)11-36-18/h1-4,9,15,26,34H,5-8,10-13H2,(H,28,29,32)/t15-,24-/m0/s1. The molecule has 0 radical (unpaired) electrons. The molecule has 0 bridgehead atoms. The Kier molecular flexibility index (Phi) is 5.67. The minimum absolute atomic E-state index is 0.0154. The maximum Gasteiger partial charge on any atom is 0.263 e. The van der Waals surface area contributed by atoms with E-state index < -0.39 is 11.4 Å². The summed E-state index contributed by atoms with van der Waals surface area (Å²) >= 11 is 0. The number of β-amino-alcohol motifs (C(OH)–C–C–N with tert-alkyl or cyclic N) is 1. The van der Waals surface area contributed by atoms with Gasteiger partial charge in [0, 0.05) is 38.8 Å². The number of amides is 1. The summed E-state index contributed by atoms with van der Waals surface area (Å²) in [4.78, 5) is 34.4. The molecule has 3 aromatic rings. The van der Waals surface area contributed by atoms with Crippen LogP contribution in [0.1, 0.15) is 11.3 Å². The quantitative estimate of drug-likeness (QED) is 0.430. The normalized spacial score (nSPS) is 23.4. The predicted molar refractivity (Wildman–Crippen MR) is 126 cm³/mol. The first kappa shape index (κ1) is 23.0. The maximum absolute atomic E-state index is 14.8. The molecule has 36 heavy (non-hydrogen) atoms. The minimum Gasteiger partial charge on any atom is -0.480 e. The number of fused-ring (bicyclic) bond motifs is 1. The third kappa shape index (κ3) is 4.11. The highest BCUT2D eigenvalue weighted by molar-refractivity contribution is 5.94. The molecule has 0 spiro atoms. The first-order chi connectivity index (χ1) is 17.4. The molecule has 0 aromatic carbocycles. The Morgan fingerprint density at radius 3 is 3.06 bits per heavy atom. The van der Waals surface area contributed by atoms with Crippen LogP contribution in [0.25, 0.3) is 11.0 Å². The molecule has 12 heteroatoms. The highest BCUT2D eigenvalue weighted by Crippen LogP contribution is 2.37. The van der Waals surface area contributed by atoms with Gasteiger partial charge in [-0.3, -0.25) is 19.5 Å². The number of pyridine rings is 3. The number of aromatic nitrogens is 3. The predicted octanol–water partition coefficient (Wildman–Crippen LogP) is -0.0467. The zero-order valence-electron chi connectivity index (χ0n) is 19.4. The molecular formula is C24H25FN6O5. The zero-order chi connectivity index (χ0) is 24.9. The van der Waals surface area contributed by atoms with Crippen molar-refractivity contribution in [3.8, 4) is 5.75 Å². The van der Waals surface area contributed by atoms with Crippen molar-refractivity contribution in [2.45, 2.75) is 24.8 Å². The average molecular weight is 496 g/mol. The van der Waals surface area contributed by atoms with Crippen LogP contribution in [0, 0.1) is 5.82 Å². The van der Waals surface area contributed by atoms with E-state index in [9.17, 15) is 19.1 Å². The molecule has 6 heterocycles. The smallest absolute Gasteiger partial charge is 0.263 e. The molecule has 0 saturated carbocycles. The number of hydrogen-bond acceptors (Lipinski definition) is 9. The third-order valence-corrected chi connectivity index (χ3v) is 6.76. The Bertz CT molecular complexity index is 1410. The minimum atomic E-state index is -1.55. The van der Waals surface area contributed by atoms with Gasteiger partial charge in [0.25, 0.3) is 11.5 Å². The van der Waals surface area contributed by atoms with Crippen molar-refractivity contribution >= 4 is 22.8 Å². The number of halogens is 1. The summed E-state index contributed by atoms with van der Waals surface area (Å²) in [7, 11) is 0. The molecule has 3 aromatic heterocycles. The van der Waals surface area contributed by atoms with E-state index in [1.54, 1.807) is 12.1 Å². The molecule has 3 aliphatic heterocycles. The number of aliphatic hydroxyl groups is 1. The van der Waals surface area contributed by atoms with E-state index in [0.29, 0.717) is 55.4 Å². The molecule has 1 fully saturated rings. The number of anilines is 1. The van der Waals surface area contributed by atoms with E-state index in [-0.39, 0.29) is 42.8 Å². The van der Waals surface area contributed by atoms with Gasteiger partial charge >= 0.3 is 0 Å². The summed E-state index contributed by atoms with van der Waals surface area (Å²) in [5, 5.41) is 17.5. The first-order valence-electron chi connectivity index (χ1n) is 11.8. The summed E-state index contributed by atoms with van der Waals surface area (Å²) in [5.41, 5.74) is -0.136.